The van der Waals surface area contributed by atoms with Gasteiger partial charge in [0.05, 0.1) is 11.5 Å². The van der Waals surface area contributed by atoms with E-state index in [2.05, 4.69) is 10.6 Å². The second kappa shape index (κ2) is 8.02. The second-order valence-electron chi connectivity index (χ2n) is 4.68. The number of nitrogens with one attached hydrogen (secondary N) is 2. The van der Waals surface area contributed by atoms with E-state index in [1.165, 1.54) is 18.2 Å². The summed E-state index contributed by atoms with van der Waals surface area (Å²) in [6.07, 6.45) is 0. The minimum absolute atomic E-state index is 0.0438. The first-order chi connectivity index (χ1) is 11.5. The number of amides is 1. The van der Waals surface area contributed by atoms with Crippen molar-refractivity contribution in [3.63, 3.8) is 0 Å². The van der Waals surface area contributed by atoms with Gasteiger partial charge in [0.15, 0.2) is 5.11 Å². The van der Waals surface area contributed by atoms with E-state index in [0.29, 0.717) is 23.6 Å². The number of hydrogen-bond donors (Lipinski definition) is 2. The Hall–Kier alpha value is -3.00. The summed E-state index contributed by atoms with van der Waals surface area (Å²) in [6, 6.07) is 12.5. The SMILES string of the molecule is CCOc1cccc(C(=O)NC(=S)Nc2cccc([N+](=O)[O-])c2)c1. The number of nitro groups is 1. The Kier molecular flexibility index (Phi) is 5.80. The van der Waals surface area contributed by atoms with Crippen molar-refractivity contribution in [1.29, 1.82) is 0 Å². The fourth-order valence-electron chi connectivity index (χ4n) is 1.93. The molecule has 7 nitrogen and oxygen atoms in total. The first kappa shape index (κ1) is 17.4. The molecule has 2 rings (SSSR count). The molecule has 0 aromatic heterocycles. The Labute approximate surface area is 143 Å². The summed E-state index contributed by atoms with van der Waals surface area (Å²) in [5.74, 6) is 0.183. The number of hydrogen-bond acceptors (Lipinski definition) is 5. The summed E-state index contributed by atoms with van der Waals surface area (Å²) in [5, 5.41) is 16.1. The highest BCUT2D eigenvalue weighted by molar-refractivity contribution is 7.80. The van der Waals surface area contributed by atoms with E-state index < -0.39 is 10.8 Å². The molecule has 0 bridgehead atoms. The average Bonchev–Trinajstić information content (AvgIpc) is 2.55. The van der Waals surface area contributed by atoms with Crippen LogP contribution in [-0.2, 0) is 0 Å². The largest absolute Gasteiger partial charge is 0.494 e. The van der Waals surface area contributed by atoms with Crippen LogP contribution in [0.4, 0.5) is 11.4 Å². The summed E-state index contributed by atoms with van der Waals surface area (Å²) in [7, 11) is 0. The van der Waals surface area contributed by atoms with E-state index in [-0.39, 0.29) is 10.8 Å². The molecule has 0 atom stereocenters. The van der Waals surface area contributed by atoms with E-state index >= 15 is 0 Å². The molecule has 8 heteroatoms. The Balaban J connectivity index is 2.01. The van der Waals surface area contributed by atoms with Crippen molar-refractivity contribution in [3.05, 3.63) is 64.2 Å². The maximum absolute atomic E-state index is 12.2. The minimum Gasteiger partial charge on any atom is -0.494 e. The molecule has 0 saturated carbocycles. The van der Waals surface area contributed by atoms with Crippen molar-refractivity contribution in [1.82, 2.24) is 5.32 Å². The average molecular weight is 345 g/mol. The summed E-state index contributed by atoms with van der Waals surface area (Å²) in [6.45, 7) is 2.35. The summed E-state index contributed by atoms with van der Waals surface area (Å²) in [4.78, 5) is 22.4. The summed E-state index contributed by atoms with van der Waals surface area (Å²) in [5.41, 5.74) is 0.736. The Morgan fingerprint density at radius 1 is 1.25 bits per heavy atom. The Morgan fingerprint density at radius 3 is 2.71 bits per heavy atom. The molecule has 0 fully saturated rings. The van der Waals surface area contributed by atoms with Gasteiger partial charge in [-0.25, -0.2) is 0 Å². The molecule has 0 aliphatic heterocycles. The van der Waals surface area contributed by atoms with Crippen LogP contribution in [0.3, 0.4) is 0 Å². The molecule has 2 aromatic rings. The van der Waals surface area contributed by atoms with E-state index in [9.17, 15) is 14.9 Å². The molecular formula is C16H15N3O4S. The predicted molar refractivity (Wildman–Crippen MR) is 94.4 cm³/mol. The molecular weight excluding hydrogens is 330 g/mol. The number of rotatable bonds is 5. The standard InChI is InChI=1S/C16H15N3O4S/c1-2-23-14-8-3-5-11(9-14)15(20)18-16(24)17-12-6-4-7-13(10-12)19(21)22/h3-10H,2H2,1H3,(H2,17,18,20,24). The van der Waals surface area contributed by atoms with Crippen molar-refractivity contribution < 1.29 is 14.5 Å². The van der Waals surface area contributed by atoms with Gasteiger partial charge in [0.2, 0.25) is 0 Å². The number of nitrogens with zero attached hydrogens (tertiary/aromatic N) is 1. The zero-order chi connectivity index (χ0) is 17.5. The van der Waals surface area contributed by atoms with Crippen LogP contribution in [0.1, 0.15) is 17.3 Å². The van der Waals surface area contributed by atoms with Gasteiger partial charge in [0.1, 0.15) is 5.75 Å². The number of nitro benzene ring substituents is 1. The van der Waals surface area contributed by atoms with Crippen LogP contribution in [0.5, 0.6) is 5.75 Å². The molecule has 0 unspecified atom stereocenters. The van der Waals surface area contributed by atoms with Crippen molar-refractivity contribution in [2.75, 3.05) is 11.9 Å². The first-order valence-electron chi connectivity index (χ1n) is 7.09. The molecule has 0 saturated heterocycles. The fraction of sp³-hybridized carbons (Fsp3) is 0.125. The molecule has 0 aliphatic carbocycles. The van der Waals surface area contributed by atoms with E-state index in [1.807, 2.05) is 6.92 Å². The van der Waals surface area contributed by atoms with Crippen LogP contribution in [0.15, 0.2) is 48.5 Å². The molecule has 124 valence electrons. The Morgan fingerprint density at radius 2 is 2.00 bits per heavy atom. The molecule has 1 amide bonds. The lowest BCUT2D eigenvalue weighted by molar-refractivity contribution is -0.384. The van der Waals surface area contributed by atoms with Crippen molar-refractivity contribution in [3.8, 4) is 5.75 Å². The minimum atomic E-state index is -0.508. The van der Waals surface area contributed by atoms with Crippen LogP contribution < -0.4 is 15.4 Å². The molecule has 0 spiro atoms. The smallest absolute Gasteiger partial charge is 0.271 e. The number of thiocarbonyl (C=S) groups is 1. The van der Waals surface area contributed by atoms with Crippen molar-refractivity contribution >= 4 is 34.6 Å². The number of non-ortho nitro benzene ring substituents is 1. The number of carbonyl (C=O) groups is 1. The number of anilines is 1. The second-order valence-corrected chi connectivity index (χ2v) is 5.08. The quantitative estimate of drug-likeness (QED) is 0.491. The van der Waals surface area contributed by atoms with Gasteiger partial charge in [-0.15, -0.1) is 0 Å². The molecule has 0 aliphatic rings. The lowest BCUT2D eigenvalue weighted by atomic mass is 10.2. The highest BCUT2D eigenvalue weighted by Crippen LogP contribution is 2.17. The topological polar surface area (TPSA) is 93.5 Å². The number of ether oxygens (including phenoxy) is 1. The van der Waals surface area contributed by atoms with Gasteiger partial charge in [-0.1, -0.05) is 12.1 Å². The zero-order valence-electron chi connectivity index (χ0n) is 12.8. The number of benzene rings is 2. The van der Waals surface area contributed by atoms with Crippen LogP contribution in [0, 0.1) is 10.1 Å². The van der Waals surface area contributed by atoms with Crippen LogP contribution in [-0.4, -0.2) is 22.5 Å². The van der Waals surface area contributed by atoms with Gasteiger partial charge in [0, 0.05) is 23.4 Å². The third-order valence-corrected chi connectivity index (χ3v) is 3.15. The van der Waals surface area contributed by atoms with E-state index in [1.54, 1.807) is 30.3 Å². The fourth-order valence-corrected chi connectivity index (χ4v) is 2.14. The van der Waals surface area contributed by atoms with Gasteiger partial charge in [-0.05, 0) is 43.4 Å². The monoisotopic (exact) mass is 345 g/mol. The van der Waals surface area contributed by atoms with E-state index in [4.69, 9.17) is 17.0 Å². The molecule has 0 radical (unpaired) electrons. The highest BCUT2D eigenvalue weighted by atomic mass is 32.1. The van der Waals surface area contributed by atoms with Gasteiger partial charge < -0.3 is 10.1 Å². The Bertz CT molecular complexity index is 779. The maximum atomic E-state index is 12.2. The van der Waals surface area contributed by atoms with Crippen molar-refractivity contribution in [2.45, 2.75) is 6.92 Å². The third kappa shape index (κ3) is 4.75. The zero-order valence-corrected chi connectivity index (χ0v) is 13.6. The third-order valence-electron chi connectivity index (χ3n) is 2.95. The van der Waals surface area contributed by atoms with Gasteiger partial charge >= 0.3 is 0 Å². The van der Waals surface area contributed by atoms with Crippen LogP contribution in [0.2, 0.25) is 0 Å². The number of carbonyl (C=O) groups excluding carboxylic acids is 1. The maximum Gasteiger partial charge on any atom is 0.271 e. The van der Waals surface area contributed by atoms with Crippen LogP contribution >= 0.6 is 12.2 Å². The van der Waals surface area contributed by atoms with Gasteiger partial charge in [-0.3, -0.25) is 20.2 Å². The predicted octanol–water partition coefficient (Wildman–Crippen LogP) is 3.12. The van der Waals surface area contributed by atoms with E-state index in [0.717, 1.165) is 0 Å². The van der Waals surface area contributed by atoms with Crippen LogP contribution in [0.25, 0.3) is 0 Å². The van der Waals surface area contributed by atoms with Gasteiger partial charge in [-0.2, -0.15) is 0 Å². The molecule has 2 N–H and O–H groups in total. The lowest BCUT2D eigenvalue weighted by Gasteiger charge is -2.10. The van der Waals surface area contributed by atoms with Crippen molar-refractivity contribution in [2.24, 2.45) is 0 Å². The lowest BCUT2D eigenvalue weighted by Crippen LogP contribution is -2.34. The molecule has 24 heavy (non-hydrogen) atoms. The highest BCUT2D eigenvalue weighted by Gasteiger charge is 2.10. The first-order valence-corrected chi connectivity index (χ1v) is 7.50. The summed E-state index contributed by atoms with van der Waals surface area (Å²) >= 11 is 5.06. The van der Waals surface area contributed by atoms with Gasteiger partial charge in [0.25, 0.3) is 11.6 Å². The normalized spacial score (nSPS) is 9.88. The summed E-state index contributed by atoms with van der Waals surface area (Å²) < 4.78 is 5.34. The molecule has 0 heterocycles. The molecule has 2 aromatic carbocycles.